The van der Waals surface area contributed by atoms with Crippen molar-refractivity contribution < 1.29 is 14.3 Å². The van der Waals surface area contributed by atoms with E-state index < -0.39 is 0 Å². The molecule has 0 atom stereocenters. The van der Waals surface area contributed by atoms with Gasteiger partial charge in [0, 0.05) is 6.54 Å². The summed E-state index contributed by atoms with van der Waals surface area (Å²) in [6, 6.07) is 5.01. The minimum absolute atomic E-state index is 0.354. The van der Waals surface area contributed by atoms with Crippen LogP contribution in [0, 0.1) is 0 Å². The lowest BCUT2D eigenvalue weighted by Gasteiger charge is -2.16. The van der Waals surface area contributed by atoms with Crippen LogP contribution in [0.4, 0.5) is 5.69 Å². The summed E-state index contributed by atoms with van der Waals surface area (Å²) in [5.41, 5.74) is 6.83. The largest absolute Gasteiger partial charge is 0.490 e. The van der Waals surface area contributed by atoms with Gasteiger partial charge < -0.3 is 15.2 Å². The number of hydrogen-bond acceptors (Lipinski definition) is 5. The Bertz CT molecular complexity index is 456. The minimum Gasteiger partial charge on any atom is -0.490 e. The number of hydrogen-bond donors (Lipinski definition) is 1. The van der Waals surface area contributed by atoms with Gasteiger partial charge in [-0.1, -0.05) is 0 Å². The Labute approximate surface area is 119 Å². The van der Waals surface area contributed by atoms with Crippen LogP contribution in [0.15, 0.2) is 18.2 Å². The molecule has 1 saturated heterocycles. The maximum Gasteiger partial charge on any atom is 0.338 e. The number of ether oxygens (including phenoxy) is 2. The Balaban J connectivity index is 1.87. The van der Waals surface area contributed by atoms with Crippen molar-refractivity contribution >= 4 is 11.7 Å². The third kappa shape index (κ3) is 3.87. The predicted octanol–water partition coefficient (Wildman–Crippen LogP) is 1.92. The van der Waals surface area contributed by atoms with Gasteiger partial charge in [0.05, 0.1) is 17.9 Å². The highest BCUT2D eigenvalue weighted by molar-refractivity contribution is 5.91. The molecule has 1 aliphatic heterocycles. The maximum atomic E-state index is 11.6. The molecule has 0 aliphatic carbocycles. The van der Waals surface area contributed by atoms with Gasteiger partial charge in [0.1, 0.15) is 12.4 Å². The zero-order chi connectivity index (χ0) is 14.4. The van der Waals surface area contributed by atoms with Gasteiger partial charge in [-0.2, -0.15) is 0 Å². The second kappa shape index (κ2) is 7.14. The van der Waals surface area contributed by atoms with Crippen LogP contribution in [0.3, 0.4) is 0 Å². The van der Waals surface area contributed by atoms with E-state index in [1.807, 2.05) is 0 Å². The number of carbonyl (C=O) groups excluding carboxylic acids is 1. The highest BCUT2D eigenvalue weighted by Gasteiger charge is 2.12. The molecule has 0 aromatic heterocycles. The van der Waals surface area contributed by atoms with E-state index in [2.05, 4.69) is 4.90 Å². The number of benzene rings is 1. The van der Waals surface area contributed by atoms with Crippen molar-refractivity contribution in [2.75, 3.05) is 38.6 Å². The van der Waals surface area contributed by atoms with Gasteiger partial charge in [0.25, 0.3) is 0 Å². The summed E-state index contributed by atoms with van der Waals surface area (Å²) in [6.45, 7) is 5.97. The summed E-state index contributed by atoms with van der Waals surface area (Å²) in [5.74, 6) is 0.264. The maximum absolute atomic E-state index is 11.6. The molecule has 1 aliphatic rings. The van der Waals surface area contributed by atoms with Crippen molar-refractivity contribution in [3.05, 3.63) is 23.8 Å². The average molecular weight is 278 g/mol. The average Bonchev–Trinajstić information content (AvgIpc) is 2.94. The number of likely N-dealkylation sites (tertiary alicyclic amines) is 1. The van der Waals surface area contributed by atoms with Crippen molar-refractivity contribution in [3.63, 3.8) is 0 Å². The molecule has 1 aromatic carbocycles. The Kier molecular flexibility index (Phi) is 5.24. The third-order valence-corrected chi connectivity index (χ3v) is 3.38. The second-order valence-corrected chi connectivity index (χ2v) is 4.87. The van der Waals surface area contributed by atoms with Crippen molar-refractivity contribution in [3.8, 4) is 5.75 Å². The van der Waals surface area contributed by atoms with Crippen LogP contribution in [0.25, 0.3) is 0 Å². The lowest BCUT2D eigenvalue weighted by Crippen LogP contribution is -2.25. The molecular formula is C15H22N2O3. The van der Waals surface area contributed by atoms with Gasteiger partial charge in [-0.15, -0.1) is 0 Å². The van der Waals surface area contributed by atoms with Crippen LogP contribution in [-0.2, 0) is 4.74 Å². The summed E-state index contributed by atoms with van der Waals surface area (Å²) in [4.78, 5) is 13.9. The Morgan fingerprint density at radius 3 is 2.75 bits per heavy atom. The van der Waals surface area contributed by atoms with E-state index in [1.165, 1.54) is 12.8 Å². The van der Waals surface area contributed by atoms with Crippen LogP contribution in [0.1, 0.15) is 30.1 Å². The van der Waals surface area contributed by atoms with Crippen LogP contribution in [-0.4, -0.2) is 43.7 Å². The SMILES string of the molecule is CCOC(=O)c1ccc(OCCN2CCCC2)c(N)c1. The van der Waals surface area contributed by atoms with E-state index in [1.54, 1.807) is 25.1 Å². The van der Waals surface area contributed by atoms with Crippen LogP contribution < -0.4 is 10.5 Å². The highest BCUT2D eigenvalue weighted by Crippen LogP contribution is 2.23. The van der Waals surface area contributed by atoms with E-state index in [0.29, 0.717) is 30.2 Å². The van der Waals surface area contributed by atoms with Gasteiger partial charge in [0.15, 0.2) is 0 Å². The predicted molar refractivity (Wildman–Crippen MR) is 78.0 cm³/mol. The first-order valence-electron chi connectivity index (χ1n) is 7.12. The second-order valence-electron chi connectivity index (χ2n) is 4.87. The zero-order valence-corrected chi connectivity index (χ0v) is 11.9. The van der Waals surface area contributed by atoms with Gasteiger partial charge in [-0.3, -0.25) is 4.90 Å². The lowest BCUT2D eigenvalue weighted by atomic mass is 10.2. The molecule has 5 heteroatoms. The molecule has 2 N–H and O–H groups in total. The highest BCUT2D eigenvalue weighted by atomic mass is 16.5. The molecule has 1 aromatic rings. The number of nitrogens with two attached hydrogens (primary N) is 1. The smallest absolute Gasteiger partial charge is 0.338 e. The van der Waals surface area contributed by atoms with Crippen molar-refractivity contribution in [1.29, 1.82) is 0 Å². The lowest BCUT2D eigenvalue weighted by molar-refractivity contribution is 0.0526. The number of anilines is 1. The molecule has 110 valence electrons. The van der Waals surface area contributed by atoms with E-state index in [4.69, 9.17) is 15.2 Å². The molecule has 0 spiro atoms. The molecule has 0 unspecified atom stereocenters. The fourth-order valence-corrected chi connectivity index (χ4v) is 2.31. The molecule has 0 amide bonds. The zero-order valence-electron chi connectivity index (χ0n) is 11.9. The molecular weight excluding hydrogens is 256 g/mol. The fraction of sp³-hybridized carbons (Fsp3) is 0.533. The number of rotatable bonds is 6. The topological polar surface area (TPSA) is 64.8 Å². The van der Waals surface area contributed by atoms with Crippen molar-refractivity contribution in [2.45, 2.75) is 19.8 Å². The molecule has 1 heterocycles. The number of carbonyl (C=O) groups is 1. The number of nitrogens with zero attached hydrogens (tertiary/aromatic N) is 1. The quantitative estimate of drug-likeness (QED) is 0.636. The van der Waals surface area contributed by atoms with Gasteiger partial charge in [0.2, 0.25) is 0 Å². The molecule has 0 saturated carbocycles. The summed E-state index contributed by atoms with van der Waals surface area (Å²) in [6.07, 6.45) is 2.55. The summed E-state index contributed by atoms with van der Waals surface area (Å²) < 4.78 is 10.6. The van der Waals surface area contributed by atoms with Crippen molar-refractivity contribution in [2.24, 2.45) is 0 Å². The summed E-state index contributed by atoms with van der Waals surface area (Å²) in [7, 11) is 0. The van der Waals surface area contributed by atoms with E-state index in [9.17, 15) is 4.79 Å². The van der Waals surface area contributed by atoms with Crippen LogP contribution >= 0.6 is 0 Å². The molecule has 1 fully saturated rings. The number of nitrogen functional groups attached to an aromatic ring is 1. The first-order chi connectivity index (χ1) is 9.70. The summed E-state index contributed by atoms with van der Waals surface area (Å²) in [5, 5.41) is 0. The third-order valence-electron chi connectivity index (χ3n) is 3.38. The van der Waals surface area contributed by atoms with Crippen molar-refractivity contribution in [1.82, 2.24) is 4.90 Å². The normalized spacial score (nSPS) is 15.2. The minimum atomic E-state index is -0.359. The molecule has 2 rings (SSSR count). The standard InChI is InChI=1S/C15H22N2O3/c1-2-19-15(18)12-5-6-14(13(16)11-12)20-10-9-17-7-3-4-8-17/h5-6,11H,2-4,7-10,16H2,1H3. The molecule has 0 bridgehead atoms. The van der Waals surface area contributed by atoms with E-state index >= 15 is 0 Å². The molecule has 0 radical (unpaired) electrons. The Morgan fingerprint density at radius 2 is 2.10 bits per heavy atom. The molecule has 20 heavy (non-hydrogen) atoms. The fourth-order valence-electron chi connectivity index (χ4n) is 2.31. The van der Waals surface area contributed by atoms with E-state index in [0.717, 1.165) is 19.6 Å². The Morgan fingerprint density at radius 1 is 1.35 bits per heavy atom. The van der Waals surface area contributed by atoms with Crippen LogP contribution in [0.2, 0.25) is 0 Å². The van der Waals surface area contributed by atoms with Gasteiger partial charge in [-0.25, -0.2) is 4.79 Å². The molecule has 5 nitrogen and oxygen atoms in total. The monoisotopic (exact) mass is 278 g/mol. The first kappa shape index (κ1) is 14.7. The van der Waals surface area contributed by atoms with Gasteiger partial charge in [-0.05, 0) is 51.1 Å². The first-order valence-corrected chi connectivity index (χ1v) is 7.12. The Hall–Kier alpha value is -1.75. The van der Waals surface area contributed by atoms with E-state index in [-0.39, 0.29) is 5.97 Å². The number of esters is 1. The van der Waals surface area contributed by atoms with Gasteiger partial charge >= 0.3 is 5.97 Å². The van der Waals surface area contributed by atoms with Crippen LogP contribution in [0.5, 0.6) is 5.75 Å². The summed E-state index contributed by atoms with van der Waals surface area (Å²) >= 11 is 0.